The normalized spacial score (nSPS) is 12.2. The molecule has 1 N–H and O–H groups in total. The molecule has 0 rings (SSSR count). The minimum Gasteiger partial charge on any atom is -0.398 e. The second kappa shape index (κ2) is 5.56. The van der Waals surface area contributed by atoms with Gasteiger partial charge in [-0.2, -0.15) is 10.5 Å². The molecule has 0 radical (unpaired) electrons. The van der Waals surface area contributed by atoms with Gasteiger partial charge in [0.25, 0.3) is 5.91 Å². The second-order valence-corrected chi connectivity index (χ2v) is 2.06. The van der Waals surface area contributed by atoms with E-state index in [1.165, 1.54) is 20.1 Å². The summed E-state index contributed by atoms with van der Waals surface area (Å²) in [6.07, 6.45) is 0. The number of nitriles is 2. The summed E-state index contributed by atoms with van der Waals surface area (Å²) >= 11 is 0. The first-order valence-electron chi connectivity index (χ1n) is 3.37. The van der Waals surface area contributed by atoms with Crippen LogP contribution in [0.3, 0.4) is 0 Å². The maximum absolute atomic E-state index is 11.0. The molecule has 0 aromatic carbocycles. The molecule has 0 bridgehead atoms. The predicted molar refractivity (Wildman–Crippen MR) is 43.3 cm³/mol. The molecule has 0 aliphatic heterocycles. The lowest BCUT2D eigenvalue weighted by Crippen LogP contribution is -2.36. The molecule has 0 saturated heterocycles. The van der Waals surface area contributed by atoms with Gasteiger partial charge in [0, 0.05) is 0 Å². The molecular weight excluding hydrogens is 172 g/mol. The fourth-order valence-electron chi connectivity index (χ4n) is 0.501. The van der Waals surface area contributed by atoms with E-state index in [1.807, 2.05) is 0 Å². The molecule has 13 heavy (non-hydrogen) atoms. The van der Waals surface area contributed by atoms with Gasteiger partial charge in [0.2, 0.25) is 5.71 Å². The number of rotatable bonds is 3. The summed E-state index contributed by atoms with van der Waals surface area (Å²) in [5.74, 6) is -0.724. The van der Waals surface area contributed by atoms with Gasteiger partial charge in [-0.3, -0.25) is 4.79 Å². The lowest BCUT2D eigenvalue weighted by molar-refractivity contribution is -0.115. The molecule has 0 heterocycles. The second-order valence-electron chi connectivity index (χ2n) is 2.06. The molecular formula is C7H8N4O2. The maximum Gasteiger partial charge on any atom is 0.285 e. The Morgan fingerprint density at radius 2 is 2.23 bits per heavy atom. The van der Waals surface area contributed by atoms with E-state index in [0.29, 0.717) is 0 Å². The van der Waals surface area contributed by atoms with Crippen molar-refractivity contribution < 1.29 is 9.63 Å². The van der Waals surface area contributed by atoms with Crippen molar-refractivity contribution in [3.63, 3.8) is 0 Å². The highest BCUT2D eigenvalue weighted by atomic mass is 16.6. The van der Waals surface area contributed by atoms with Gasteiger partial charge in [-0.05, 0) is 6.92 Å². The molecule has 0 spiro atoms. The Kier molecular flexibility index (Phi) is 4.67. The van der Waals surface area contributed by atoms with Crippen LogP contribution in [0.2, 0.25) is 0 Å². The minimum atomic E-state index is -0.724. The first-order valence-corrected chi connectivity index (χ1v) is 3.37. The molecule has 0 aromatic heterocycles. The molecule has 6 nitrogen and oxygen atoms in total. The molecule has 68 valence electrons. The fraction of sp³-hybridized carbons (Fsp3) is 0.429. The van der Waals surface area contributed by atoms with Crippen LogP contribution in [-0.2, 0) is 9.63 Å². The Morgan fingerprint density at radius 1 is 1.62 bits per heavy atom. The number of carbonyl (C=O) groups is 1. The van der Waals surface area contributed by atoms with E-state index in [1.54, 1.807) is 6.07 Å². The van der Waals surface area contributed by atoms with Crippen LogP contribution < -0.4 is 5.32 Å². The average molecular weight is 180 g/mol. The molecule has 1 atom stereocenters. The molecule has 6 heteroatoms. The Morgan fingerprint density at radius 3 is 2.62 bits per heavy atom. The highest BCUT2D eigenvalue weighted by Gasteiger charge is 2.13. The van der Waals surface area contributed by atoms with Gasteiger partial charge in [0.1, 0.15) is 19.2 Å². The van der Waals surface area contributed by atoms with Crippen molar-refractivity contribution in [3.8, 4) is 12.1 Å². The van der Waals surface area contributed by atoms with Crippen LogP contribution in [0, 0.1) is 22.7 Å². The van der Waals surface area contributed by atoms with Crippen molar-refractivity contribution in [2.24, 2.45) is 5.16 Å². The Labute approximate surface area is 75.4 Å². The highest BCUT2D eigenvalue weighted by molar-refractivity contribution is 6.45. The highest BCUT2D eigenvalue weighted by Crippen LogP contribution is 1.82. The molecule has 0 aliphatic carbocycles. The van der Waals surface area contributed by atoms with Gasteiger partial charge < -0.3 is 10.2 Å². The van der Waals surface area contributed by atoms with Crippen LogP contribution in [0.25, 0.3) is 0 Å². The SMILES string of the molecule is CO/N=C(/C#N)C(=O)NC(C)C#N. The Bertz CT molecular complexity index is 297. The van der Waals surface area contributed by atoms with Gasteiger partial charge in [-0.1, -0.05) is 5.16 Å². The maximum atomic E-state index is 11.0. The van der Waals surface area contributed by atoms with Gasteiger partial charge in [0.05, 0.1) is 6.07 Å². The molecule has 0 fully saturated rings. The van der Waals surface area contributed by atoms with Gasteiger partial charge >= 0.3 is 0 Å². The topological polar surface area (TPSA) is 98.3 Å². The molecule has 1 unspecified atom stereocenters. The Hall–Kier alpha value is -2.08. The van der Waals surface area contributed by atoms with Crippen molar-refractivity contribution >= 4 is 11.6 Å². The van der Waals surface area contributed by atoms with Crippen molar-refractivity contribution in [3.05, 3.63) is 0 Å². The number of nitrogens with zero attached hydrogens (tertiary/aromatic N) is 3. The summed E-state index contributed by atoms with van der Waals surface area (Å²) in [6.45, 7) is 1.49. The fourth-order valence-corrected chi connectivity index (χ4v) is 0.501. The monoisotopic (exact) mass is 180 g/mol. The first-order chi connectivity index (χ1) is 6.15. The predicted octanol–water partition coefficient (Wildman–Crippen LogP) is -0.459. The van der Waals surface area contributed by atoms with Gasteiger partial charge in [-0.25, -0.2) is 0 Å². The van der Waals surface area contributed by atoms with Gasteiger partial charge in [-0.15, -0.1) is 0 Å². The minimum absolute atomic E-state index is 0.412. The lowest BCUT2D eigenvalue weighted by atomic mass is 10.3. The summed E-state index contributed by atoms with van der Waals surface area (Å²) in [6, 6.07) is 2.65. The van der Waals surface area contributed by atoms with Crippen LogP contribution in [0.4, 0.5) is 0 Å². The quantitative estimate of drug-likeness (QED) is 0.469. The third-order valence-electron chi connectivity index (χ3n) is 1.04. The number of hydrogen-bond acceptors (Lipinski definition) is 5. The lowest BCUT2D eigenvalue weighted by Gasteiger charge is -2.02. The van der Waals surface area contributed by atoms with E-state index in [9.17, 15) is 4.79 Å². The van der Waals surface area contributed by atoms with Crippen LogP contribution in [0.1, 0.15) is 6.92 Å². The summed E-state index contributed by atoms with van der Waals surface area (Å²) in [4.78, 5) is 15.3. The van der Waals surface area contributed by atoms with E-state index in [4.69, 9.17) is 10.5 Å². The summed E-state index contributed by atoms with van der Waals surface area (Å²) < 4.78 is 0. The largest absolute Gasteiger partial charge is 0.398 e. The smallest absolute Gasteiger partial charge is 0.285 e. The van der Waals surface area contributed by atoms with Crippen LogP contribution >= 0.6 is 0 Å². The summed E-state index contributed by atoms with van der Waals surface area (Å²) in [5.41, 5.74) is -0.412. The number of amides is 1. The molecule has 0 aromatic rings. The van der Waals surface area contributed by atoms with Gasteiger partial charge in [0.15, 0.2) is 0 Å². The van der Waals surface area contributed by atoms with Crippen LogP contribution in [0.5, 0.6) is 0 Å². The molecule has 0 saturated carbocycles. The first kappa shape index (κ1) is 10.9. The molecule has 0 aliphatic rings. The van der Waals surface area contributed by atoms with Crippen molar-refractivity contribution in [2.75, 3.05) is 7.11 Å². The van der Waals surface area contributed by atoms with E-state index in [2.05, 4.69) is 15.3 Å². The van der Waals surface area contributed by atoms with Crippen LogP contribution in [0.15, 0.2) is 5.16 Å². The Balaban J connectivity index is 4.36. The zero-order valence-corrected chi connectivity index (χ0v) is 7.24. The van der Waals surface area contributed by atoms with Crippen LogP contribution in [-0.4, -0.2) is 24.8 Å². The number of carbonyl (C=O) groups excluding carboxylic acids is 1. The van der Waals surface area contributed by atoms with Crippen molar-refractivity contribution in [1.82, 2.24) is 5.32 Å². The standard InChI is InChI=1S/C7H8N4O2/c1-5(3-8)10-7(12)6(4-9)11-13-2/h5H,1-2H3,(H,10,12)/b11-6-. The summed E-state index contributed by atoms with van der Waals surface area (Å²) in [7, 11) is 1.22. The molecule has 1 amide bonds. The van der Waals surface area contributed by atoms with E-state index in [-0.39, 0.29) is 0 Å². The number of hydrogen-bond donors (Lipinski definition) is 1. The zero-order valence-electron chi connectivity index (χ0n) is 7.24. The third-order valence-corrected chi connectivity index (χ3v) is 1.04. The average Bonchev–Trinajstić information content (AvgIpc) is 2.13. The number of oxime groups is 1. The van der Waals surface area contributed by atoms with E-state index in [0.717, 1.165) is 0 Å². The van der Waals surface area contributed by atoms with Crippen molar-refractivity contribution in [1.29, 1.82) is 10.5 Å². The van der Waals surface area contributed by atoms with E-state index < -0.39 is 17.7 Å². The third kappa shape index (κ3) is 3.73. The van der Waals surface area contributed by atoms with E-state index >= 15 is 0 Å². The van der Waals surface area contributed by atoms with Crippen molar-refractivity contribution in [2.45, 2.75) is 13.0 Å². The number of nitrogens with one attached hydrogen (secondary N) is 1. The zero-order chi connectivity index (χ0) is 10.3. The summed E-state index contributed by atoms with van der Waals surface area (Å²) in [5, 5.41) is 22.2.